The highest BCUT2D eigenvalue weighted by molar-refractivity contribution is 6.32. The number of nitrogens with one attached hydrogen (secondary N) is 1. The number of rotatable bonds is 5. The lowest BCUT2D eigenvalue weighted by Gasteiger charge is -2.20. The lowest BCUT2D eigenvalue weighted by Crippen LogP contribution is -2.17. The van der Waals surface area contributed by atoms with Crippen LogP contribution in [0.5, 0.6) is 17.2 Å². The van der Waals surface area contributed by atoms with Crippen molar-refractivity contribution in [2.75, 3.05) is 20.3 Å². The molecule has 0 bridgehead atoms. The molecule has 0 unspecified atom stereocenters. The molecular weight excluding hydrogens is 302 g/mol. The average Bonchev–Trinajstić information content (AvgIpc) is 2.56. The molecule has 3 rings (SSSR count). The van der Waals surface area contributed by atoms with E-state index in [0.717, 1.165) is 23.6 Å². The van der Waals surface area contributed by atoms with E-state index >= 15 is 0 Å². The lowest BCUT2D eigenvalue weighted by atomic mass is 10.1. The molecule has 1 N–H and O–H groups in total. The maximum absolute atomic E-state index is 6.23. The van der Waals surface area contributed by atoms with Gasteiger partial charge in [-0.1, -0.05) is 23.7 Å². The van der Waals surface area contributed by atoms with Crippen molar-refractivity contribution in [1.29, 1.82) is 0 Å². The van der Waals surface area contributed by atoms with Crippen LogP contribution in [0.1, 0.15) is 11.1 Å². The van der Waals surface area contributed by atoms with Crippen molar-refractivity contribution in [3.63, 3.8) is 0 Å². The number of methoxy groups -OCH3 is 1. The van der Waals surface area contributed by atoms with Crippen LogP contribution < -0.4 is 19.5 Å². The van der Waals surface area contributed by atoms with Gasteiger partial charge in [0.1, 0.15) is 19.0 Å². The highest BCUT2D eigenvalue weighted by atomic mass is 35.5. The molecule has 1 aliphatic rings. The second-order valence-corrected chi connectivity index (χ2v) is 5.46. The third kappa shape index (κ3) is 3.46. The Hall–Kier alpha value is -1.91. The monoisotopic (exact) mass is 319 g/mol. The molecule has 1 aliphatic heterocycles. The van der Waals surface area contributed by atoms with Crippen molar-refractivity contribution in [3.8, 4) is 17.2 Å². The van der Waals surface area contributed by atoms with E-state index in [4.69, 9.17) is 25.8 Å². The Kier molecular flexibility index (Phi) is 4.71. The number of fused-ring (bicyclic) bond motifs is 1. The fourth-order valence-corrected chi connectivity index (χ4v) is 2.65. The first kappa shape index (κ1) is 15.0. The smallest absolute Gasteiger partial charge is 0.179 e. The van der Waals surface area contributed by atoms with Crippen molar-refractivity contribution in [3.05, 3.63) is 52.5 Å². The summed E-state index contributed by atoms with van der Waals surface area (Å²) in [4.78, 5) is 0. The summed E-state index contributed by atoms with van der Waals surface area (Å²) in [6.45, 7) is 2.59. The summed E-state index contributed by atoms with van der Waals surface area (Å²) in [5.74, 6) is 2.23. The highest BCUT2D eigenvalue weighted by Gasteiger charge is 2.16. The van der Waals surface area contributed by atoms with Gasteiger partial charge in [0.05, 0.1) is 12.1 Å². The Morgan fingerprint density at radius 1 is 1.05 bits per heavy atom. The van der Waals surface area contributed by atoms with Crippen LogP contribution in [0.4, 0.5) is 0 Å². The van der Waals surface area contributed by atoms with E-state index in [2.05, 4.69) is 5.32 Å². The largest absolute Gasteiger partial charge is 0.497 e. The zero-order chi connectivity index (χ0) is 15.4. The van der Waals surface area contributed by atoms with Crippen LogP contribution in [0, 0.1) is 0 Å². The van der Waals surface area contributed by atoms with E-state index in [1.807, 2.05) is 36.4 Å². The maximum atomic E-state index is 6.23. The third-order valence-corrected chi connectivity index (χ3v) is 3.75. The standard InChI is InChI=1S/C17H18ClNO3/c1-20-14-4-2-12(3-5-14)10-19-11-13-8-15(18)17-16(9-13)21-6-7-22-17/h2-5,8-9,19H,6-7,10-11H2,1H3. The van der Waals surface area contributed by atoms with Gasteiger partial charge in [0.15, 0.2) is 11.5 Å². The van der Waals surface area contributed by atoms with Gasteiger partial charge in [-0.3, -0.25) is 0 Å². The number of hydrogen-bond donors (Lipinski definition) is 1. The number of halogens is 1. The van der Waals surface area contributed by atoms with Crippen LogP contribution in [0.2, 0.25) is 5.02 Å². The van der Waals surface area contributed by atoms with Gasteiger partial charge in [-0.05, 0) is 35.4 Å². The van der Waals surface area contributed by atoms with Crippen LogP contribution in [0.15, 0.2) is 36.4 Å². The predicted molar refractivity (Wildman–Crippen MR) is 86.0 cm³/mol. The van der Waals surface area contributed by atoms with Gasteiger partial charge in [-0.15, -0.1) is 0 Å². The van der Waals surface area contributed by atoms with Gasteiger partial charge in [-0.25, -0.2) is 0 Å². The molecule has 0 spiro atoms. The fraction of sp³-hybridized carbons (Fsp3) is 0.294. The number of benzene rings is 2. The van der Waals surface area contributed by atoms with Crippen molar-refractivity contribution in [2.45, 2.75) is 13.1 Å². The summed E-state index contributed by atoms with van der Waals surface area (Å²) < 4.78 is 16.2. The molecule has 5 heteroatoms. The van der Waals surface area contributed by atoms with Crippen LogP contribution >= 0.6 is 11.6 Å². The molecule has 0 aliphatic carbocycles. The summed E-state index contributed by atoms with van der Waals surface area (Å²) in [5.41, 5.74) is 2.27. The van der Waals surface area contributed by atoms with E-state index < -0.39 is 0 Å². The first-order valence-electron chi connectivity index (χ1n) is 7.18. The van der Waals surface area contributed by atoms with E-state index in [0.29, 0.717) is 30.5 Å². The van der Waals surface area contributed by atoms with Crippen molar-refractivity contribution >= 4 is 11.6 Å². The van der Waals surface area contributed by atoms with Gasteiger partial charge >= 0.3 is 0 Å². The van der Waals surface area contributed by atoms with E-state index in [9.17, 15) is 0 Å². The minimum absolute atomic E-state index is 0.543. The van der Waals surface area contributed by atoms with Crippen molar-refractivity contribution < 1.29 is 14.2 Å². The van der Waals surface area contributed by atoms with Gasteiger partial charge in [0.2, 0.25) is 0 Å². The van der Waals surface area contributed by atoms with Crippen molar-refractivity contribution in [1.82, 2.24) is 5.32 Å². The van der Waals surface area contributed by atoms with Gasteiger partial charge < -0.3 is 19.5 Å². The number of hydrogen-bond acceptors (Lipinski definition) is 4. The minimum atomic E-state index is 0.543. The van der Waals surface area contributed by atoms with Crippen LogP contribution in [-0.4, -0.2) is 20.3 Å². The Balaban J connectivity index is 1.60. The highest BCUT2D eigenvalue weighted by Crippen LogP contribution is 2.38. The van der Waals surface area contributed by atoms with Gasteiger partial charge in [-0.2, -0.15) is 0 Å². The molecule has 0 aromatic heterocycles. The summed E-state index contributed by atoms with van der Waals surface area (Å²) >= 11 is 6.23. The van der Waals surface area contributed by atoms with Crippen LogP contribution in [0.3, 0.4) is 0 Å². The maximum Gasteiger partial charge on any atom is 0.179 e. The summed E-state index contributed by atoms with van der Waals surface area (Å²) in [6, 6.07) is 11.9. The van der Waals surface area contributed by atoms with Crippen LogP contribution in [-0.2, 0) is 13.1 Å². The summed E-state index contributed by atoms with van der Waals surface area (Å²) in [7, 11) is 1.67. The molecule has 0 radical (unpaired) electrons. The first-order valence-corrected chi connectivity index (χ1v) is 7.56. The second kappa shape index (κ2) is 6.90. The first-order chi connectivity index (χ1) is 10.8. The summed E-state index contributed by atoms with van der Waals surface area (Å²) in [6.07, 6.45) is 0. The topological polar surface area (TPSA) is 39.7 Å². The molecule has 0 saturated heterocycles. The average molecular weight is 320 g/mol. The molecule has 116 valence electrons. The predicted octanol–water partition coefficient (Wildman–Crippen LogP) is 3.41. The van der Waals surface area contributed by atoms with E-state index in [1.165, 1.54) is 5.56 Å². The van der Waals surface area contributed by atoms with E-state index in [1.54, 1.807) is 7.11 Å². The Labute approximate surface area is 135 Å². The second-order valence-electron chi connectivity index (χ2n) is 5.05. The fourth-order valence-electron chi connectivity index (χ4n) is 2.36. The number of ether oxygens (including phenoxy) is 3. The molecule has 2 aromatic rings. The van der Waals surface area contributed by atoms with Gasteiger partial charge in [0, 0.05) is 13.1 Å². The minimum Gasteiger partial charge on any atom is -0.497 e. The summed E-state index contributed by atoms with van der Waals surface area (Å²) in [5, 5.41) is 3.99. The SMILES string of the molecule is COc1ccc(CNCc2cc(Cl)c3c(c2)OCCO3)cc1. The van der Waals surface area contributed by atoms with E-state index in [-0.39, 0.29) is 0 Å². The molecule has 0 saturated carbocycles. The molecule has 0 fully saturated rings. The molecule has 4 nitrogen and oxygen atoms in total. The normalized spacial score (nSPS) is 13.0. The Morgan fingerprint density at radius 2 is 1.77 bits per heavy atom. The van der Waals surface area contributed by atoms with Crippen molar-refractivity contribution in [2.24, 2.45) is 0 Å². The molecule has 0 amide bonds. The Morgan fingerprint density at radius 3 is 2.55 bits per heavy atom. The zero-order valence-electron chi connectivity index (χ0n) is 12.4. The quantitative estimate of drug-likeness (QED) is 0.917. The third-order valence-electron chi connectivity index (χ3n) is 3.47. The molecule has 22 heavy (non-hydrogen) atoms. The lowest BCUT2D eigenvalue weighted by molar-refractivity contribution is 0.171. The molecule has 1 heterocycles. The molecular formula is C17H18ClNO3. The zero-order valence-corrected chi connectivity index (χ0v) is 13.2. The van der Waals surface area contributed by atoms with Crippen LogP contribution in [0.25, 0.3) is 0 Å². The Bertz CT molecular complexity index is 643. The van der Waals surface area contributed by atoms with Gasteiger partial charge in [0.25, 0.3) is 0 Å². The molecule has 0 atom stereocenters. The molecule has 2 aromatic carbocycles.